The molecule has 0 saturated carbocycles. The first kappa shape index (κ1) is 10.9. The minimum atomic E-state index is -3.56. The first-order valence-electron chi connectivity index (χ1n) is 3.64. The zero-order valence-corrected chi connectivity index (χ0v) is 7.94. The number of sulfonamides is 1. The quantitative estimate of drug-likeness (QED) is 0.702. The maximum atomic E-state index is 10.7. The fourth-order valence-corrected chi connectivity index (χ4v) is 1.61. The van der Waals surface area contributed by atoms with Crippen LogP contribution in [0.4, 0.5) is 5.69 Å². The topological polar surface area (TPSA) is 107 Å². The van der Waals surface area contributed by atoms with Gasteiger partial charge in [-0.15, -0.1) is 0 Å². The summed E-state index contributed by atoms with van der Waals surface area (Å²) in [5, 5.41) is 23.4. The second-order valence-corrected chi connectivity index (χ2v) is 4.36. The lowest BCUT2D eigenvalue weighted by Gasteiger charge is -2.21. The Morgan fingerprint density at radius 1 is 1.36 bits per heavy atom. The Hall–Kier alpha value is -1.15. The van der Waals surface area contributed by atoms with Crippen LogP contribution in [0.1, 0.15) is 5.56 Å². The van der Waals surface area contributed by atoms with Crippen molar-refractivity contribution in [3.05, 3.63) is 35.0 Å². The number of hydrogen-bond acceptors (Lipinski definition) is 5. The van der Waals surface area contributed by atoms with Gasteiger partial charge in [-0.25, -0.2) is 13.6 Å². The van der Waals surface area contributed by atoms with Crippen LogP contribution in [0.5, 0.6) is 0 Å². The maximum Gasteiger partial charge on any atom is 0.213 e. The van der Waals surface area contributed by atoms with E-state index in [1.54, 1.807) is 0 Å². The Labute approximate surface area is 81.2 Å². The second kappa shape index (κ2) is 3.93. The first-order chi connectivity index (χ1) is 6.38. The zero-order chi connectivity index (χ0) is 10.8. The average molecular weight is 217 g/mol. The predicted molar refractivity (Wildman–Crippen MR) is 50.9 cm³/mol. The molecule has 0 amide bonds. The molecule has 0 unspecified atom stereocenters. The van der Waals surface area contributed by atoms with Gasteiger partial charge in [-0.2, -0.15) is 0 Å². The number of hydrogen-bond donors (Lipinski definition) is 2. The van der Waals surface area contributed by atoms with Crippen molar-refractivity contribution in [2.75, 3.05) is 5.23 Å². The van der Waals surface area contributed by atoms with E-state index < -0.39 is 10.0 Å². The van der Waals surface area contributed by atoms with E-state index in [9.17, 15) is 13.6 Å². The van der Waals surface area contributed by atoms with Crippen molar-refractivity contribution in [2.45, 2.75) is 5.75 Å². The fraction of sp³-hybridized carbons (Fsp3) is 0.143. The van der Waals surface area contributed by atoms with Crippen LogP contribution in [0.3, 0.4) is 0 Å². The van der Waals surface area contributed by atoms with Crippen LogP contribution in [0.2, 0.25) is 0 Å². The van der Waals surface area contributed by atoms with Gasteiger partial charge in [0, 0.05) is 0 Å². The standard InChI is InChI=1S/C7H9N2O4S/c8-14(12,13)5-6-1-3-7(4-2-6)9(10)11/h1-4,10H,5H2,(H2,8,12,13)/q-1. The molecule has 0 bridgehead atoms. The third-order valence-electron chi connectivity index (χ3n) is 1.53. The van der Waals surface area contributed by atoms with Crippen molar-refractivity contribution < 1.29 is 13.6 Å². The summed E-state index contributed by atoms with van der Waals surface area (Å²) in [6, 6.07) is 5.41. The van der Waals surface area contributed by atoms with Crippen molar-refractivity contribution in [3.8, 4) is 0 Å². The van der Waals surface area contributed by atoms with Gasteiger partial charge in [0.15, 0.2) is 0 Å². The van der Waals surface area contributed by atoms with E-state index in [0.29, 0.717) is 5.56 Å². The van der Waals surface area contributed by atoms with Gasteiger partial charge in [-0.1, -0.05) is 12.1 Å². The molecule has 0 aliphatic rings. The molecule has 0 aliphatic heterocycles. The third-order valence-corrected chi connectivity index (χ3v) is 2.26. The molecule has 6 nitrogen and oxygen atoms in total. The minimum Gasteiger partial charge on any atom is -0.733 e. The Bertz CT molecular complexity index is 398. The molecule has 7 heteroatoms. The molecule has 1 aromatic carbocycles. The highest BCUT2D eigenvalue weighted by Gasteiger charge is 2.04. The summed E-state index contributed by atoms with van der Waals surface area (Å²) in [6.07, 6.45) is 0. The van der Waals surface area contributed by atoms with Gasteiger partial charge in [0.2, 0.25) is 10.0 Å². The van der Waals surface area contributed by atoms with Gasteiger partial charge in [0.1, 0.15) is 0 Å². The number of anilines is 1. The van der Waals surface area contributed by atoms with E-state index in [1.807, 2.05) is 0 Å². The summed E-state index contributed by atoms with van der Waals surface area (Å²) in [7, 11) is -3.56. The van der Waals surface area contributed by atoms with Gasteiger partial charge >= 0.3 is 0 Å². The summed E-state index contributed by atoms with van der Waals surface area (Å²) in [6.45, 7) is 0. The highest BCUT2D eigenvalue weighted by Crippen LogP contribution is 2.13. The first-order valence-corrected chi connectivity index (χ1v) is 5.35. The third kappa shape index (κ3) is 3.30. The molecular weight excluding hydrogens is 208 g/mol. The maximum absolute atomic E-state index is 10.7. The van der Waals surface area contributed by atoms with Gasteiger partial charge in [-0.3, -0.25) is 5.21 Å². The second-order valence-electron chi connectivity index (χ2n) is 2.75. The summed E-state index contributed by atoms with van der Waals surface area (Å²) < 4.78 is 21.4. The average Bonchev–Trinajstić information content (AvgIpc) is 2.02. The Balaban J connectivity index is 2.84. The molecule has 78 valence electrons. The molecule has 0 spiro atoms. The van der Waals surface area contributed by atoms with Crippen LogP contribution in [-0.2, 0) is 15.8 Å². The lowest BCUT2D eigenvalue weighted by Crippen LogP contribution is -2.14. The Morgan fingerprint density at radius 2 is 1.86 bits per heavy atom. The van der Waals surface area contributed by atoms with Gasteiger partial charge in [0.25, 0.3) is 0 Å². The normalized spacial score (nSPS) is 11.4. The van der Waals surface area contributed by atoms with Crippen LogP contribution in [-0.4, -0.2) is 13.6 Å². The summed E-state index contributed by atoms with van der Waals surface area (Å²) in [4.78, 5) is 0. The Kier molecular flexibility index (Phi) is 3.06. The van der Waals surface area contributed by atoms with E-state index in [2.05, 4.69) is 0 Å². The van der Waals surface area contributed by atoms with E-state index in [1.165, 1.54) is 24.3 Å². The number of benzene rings is 1. The SMILES string of the molecule is NS(=O)(=O)Cc1ccc(N([O-])O)cc1. The predicted octanol–water partition coefficient (Wildman–Crippen LogP) is 0.168. The van der Waals surface area contributed by atoms with E-state index in [-0.39, 0.29) is 16.7 Å². The summed E-state index contributed by atoms with van der Waals surface area (Å²) >= 11 is 0. The molecule has 0 radical (unpaired) electrons. The van der Waals surface area contributed by atoms with Crippen LogP contribution in [0.25, 0.3) is 0 Å². The van der Waals surface area contributed by atoms with Gasteiger partial charge < -0.3 is 10.4 Å². The lowest BCUT2D eigenvalue weighted by atomic mass is 10.2. The molecule has 1 rings (SSSR count). The van der Waals surface area contributed by atoms with Gasteiger partial charge in [-0.05, 0) is 17.7 Å². The van der Waals surface area contributed by atoms with Crippen molar-refractivity contribution >= 4 is 15.7 Å². The number of primary sulfonamides is 1. The van der Waals surface area contributed by atoms with Crippen LogP contribution in [0, 0.1) is 5.21 Å². The zero-order valence-electron chi connectivity index (χ0n) is 7.12. The smallest absolute Gasteiger partial charge is 0.213 e. The fourth-order valence-electron chi connectivity index (χ4n) is 0.952. The van der Waals surface area contributed by atoms with E-state index in [0.717, 1.165) is 0 Å². The van der Waals surface area contributed by atoms with Crippen LogP contribution >= 0.6 is 0 Å². The lowest BCUT2D eigenvalue weighted by molar-refractivity contribution is 0.296. The molecule has 0 atom stereocenters. The van der Waals surface area contributed by atoms with Crippen molar-refractivity contribution in [1.29, 1.82) is 0 Å². The molecule has 0 aliphatic carbocycles. The van der Waals surface area contributed by atoms with Crippen LogP contribution in [0.15, 0.2) is 24.3 Å². The highest BCUT2D eigenvalue weighted by atomic mass is 32.2. The number of nitrogens with two attached hydrogens (primary N) is 1. The minimum absolute atomic E-state index is 0.0307. The molecule has 0 aromatic heterocycles. The Morgan fingerprint density at radius 3 is 2.21 bits per heavy atom. The molecule has 14 heavy (non-hydrogen) atoms. The molecule has 1 aromatic rings. The summed E-state index contributed by atoms with van der Waals surface area (Å²) in [5.41, 5.74) is 0.487. The van der Waals surface area contributed by atoms with Crippen molar-refractivity contribution in [1.82, 2.24) is 0 Å². The number of nitrogens with zero attached hydrogens (tertiary/aromatic N) is 1. The largest absolute Gasteiger partial charge is 0.733 e. The van der Waals surface area contributed by atoms with Crippen LogP contribution < -0.4 is 10.4 Å². The molecule has 0 heterocycles. The molecule has 0 fully saturated rings. The summed E-state index contributed by atoms with van der Waals surface area (Å²) in [5.74, 6) is -0.294. The molecule has 3 N–H and O–H groups in total. The van der Waals surface area contributed by atoms with Crippen molar-refractivity contribution in [3.63, 3.8) is 0 Å². The monoisotopic (exact) mass is 217 g/mol. The number of rotatable bonds is 3. The van der Waals surface area contributed by atoms with Gasteiger partial charge in [0.05, 0.1) is 11.4 Å². The highest BCUT2D eigenvalue weighted by molar-refractivity contribution is 7.88. The van der Waals surface area contributed by atoms with Crippen molar-refractivity contribution in [2.24, 2.45) is 5.14 Å². The van der Waals surface area contributed by atoms with E-state index in [4.69, 9.17) is 10.3 Å². The van der Waals surface area contributed by atoms with E-state index >= 15 is 0 Å². The molecule has 0 saturated heterocycles. The molecular formula is C7H9N2O4S-.